The molecule has 1 aromatic heterocycles. The number of rotatable bonds is 9. The molecule has 0 fully saturated rings. The second-order valence-corrected chi connectivity index (χ2v) is 8.51. The Morgan fingerprint density at radius 3 is 2.47 bits per heavy atom. The second-order valence-electron chi connectivity index (χ2n) is 8.51. The van der Waals surface area contributed by atoms with Crippen molar-refractivity contribution in [3.8, 4) is 0 Å². The van der Waals surface area contributed by atoms with Crippen LogP contribution in [0.25, 0.3) is 0 Å². The van der Waals surface area contributed by atoms with Crippen LogP contribution in [0.3, 0.4) is 0 Å². The number of hydrogen-bond donors (Lipinski definition) is 3. The highest BCUT2D eigenvalue weighted by molar-refractivity contribution is 5.89. The summed E-state index contributed by atoms with van der Waals surface area (Å²) >= 11 is 0. The highest BCUT2D eigenvalue weighted by atomic mass is 16.6. The van der Waals surface area contributed by atoms with Crippen molar-refractivity contribution in [3.63, 3.8) is 0 Å². The first-order valence-corrected chi connectivity index (χ1v) is 10.3. The van der Waals surface area contributed by atoms with Gasteiger partial charge >= 0.3 is 6.09 Å². The minimum absolute atomic E-state index is 0.0339. The molecular formula is C21H37N5O4. The lowest BCUT2D eigenvalue weighted by atomic mass is 10.0. The van der Waals surface area contributed by atoms with Crippen LogP contribution in [0.5, 0.6) is 0 Å². The van der Waals surface area contributed by atoms with Gasteiger partial charge in [0.25, 0.3) is 5.91 Å². The lowest BCUT2D eigenvalue weighted by Crippen LogP contribution is -2.45. The molecule has 1 heterocycles. The minimum atomic E-state index is -0.605. The van der Waals surface area contributed by atoms with E-state index in [1.807, 2.05) is 39.6 Å². The summed E-state index contributed by atoms with van der Waals surface area (Å²) in [4.78, 5) is 29.8. The Hall–Kier alpha value is -2.71. The zero-order valence-electron chi connectivity index (χ0n) is 19.2. The molecule has 1 rings (SSSR count). The first kappa shape index (κ1) is 25.3. The molecule has 9 heteroatoms. The fourth-order valence-electron chi connectivity index (χ4n) is 2.69. The van der Waals surface area contributed by atoms with E-state index in [4.69, 9.17) is 14.9 Å². The number of nitrogens with one attached hydrogen (secondary N) is 2. The standard InChI is InChI=1S/C21H37N5O4/c1-8-23-19(24-13-15-9-10-17(29-15)18(22)27)26(7)12-11-16(14(2)3)25-20(28)30-21(4,5)6/h9-10,14,16H,8,11-13H2,1-7H3,(H2,22,27)(H,23,24)(H,25,28). The Balaban J connectivity index is 2.71. The van der Waals surface area contributed by atoms with Crippen LogP contribution < -0.4 is 16.4 Å². The zero-order chi connectivity index (χ0) is 22.9. The Bertz CT molecular complexity index is 721. The average molecular weight is 424 g/mol. The van der Waals surface area contributed by atoms with Crippen molar-refractivity contribution in [2.24, 2.45) is 16.6 Å². The molecule has 1 unspecified atom stereocenters. The van der Waals surface area contributed by atoms with Gasteiger partial charge in [-0.05, 0) is 52.2 Å². The number of primary amides is 1. The van der Waals surface area contributed by atoms with Crippen LogP contribution in [0, 0.1) is 5.92 Å². The molecule has 170 valence electrons. The number of ether oxygens (including phenoxy) is 1. The Labute approximate surface area is 179 Å². The smallest absolute Gasteiger partial charge is 0.407 e. The molecule has 0 spiro atoms. The summed E-state index contributed by atoms with van der Waals surface area (Å²) in [6.07, 6.45) is 0.317. The Morgan fingerprint density at radius 2 is 1.97 bits per heavy atom. The fourth-order valence-corrected chi connectivity index (χ4v) is 2.69. The van der Waals surface area contributed by atoms with Gasteiger partial charge in [-0.2, -0.15) is 0 Å². The zero-order valence-corrected chi connectivity index (χ0v) is 19.2. The summed E-state index contributed by atoms with van der Waals surface area (Å²) in [5.41, 5.74) is 4.68. The Morgan fingerprint density at radius 1 is 1.30 bits per heavy atom. The predicted octanol–water partition coefficient (Wildman–Crippen LogP) is 2.72. The summed E-state index contributed by atoms with van der Waals surface area (Å²) in [5.74, 6) is 1.02. The van der Waals surface area contributed by atoms with Crippen molar-refractivity contribution in [2.75, 3.05) is 20.1 Å². The van der Waals surface area contributed by atoms with Crippen LogP contribution in [0.15, 0.2) is 21.5 Å². The highest BCUT2D eigenvalue weighted by Crippen LogP contribution is 2.12. The maximum Gasteiger partial charge on any atom is 0.407 e. The third kappa shape index (κ3) is 9.19. The van der Waals surface area contributed by atoms with Crippen LogP contribution >= 0.6 is 0 Å². The van der Waals surface area contributed by atoms with E-state index in [1.165, 1.54) is 0 Å². The average Bonchev–Trinajstić information content (AvgIpc) is 3.09. The number of nitrogens with two attached hydrogens (primary N) is 1. The van der Waals surface area contributed by atoms with Gasteiger partial charge in [-0.3, -0.25) is 4.79 Å². The van der Waals surface area contributed by atoms with E-state index in [2.05, 4.69) is 29.5 Å². The van der Waals surface area contributed by atoms with Crippen molar-refractivity contribution in [2.45, 2.75) is 66.2 Å². The molecule has 0 radical (unpaired) electrons. The van der Waals surface area contributed by atoms with Crippen LogP contribution in [-0.4, -0.2) is 54.6 Å². The predicted molar refractivity (Wildman–Crippen MR) is 117 cm³/mol. The number of amides is 2. The monoisotopic (exact) mass is 423 g/mol. The van der Waals surface area contributed by atoms with Gasteiger partial charge in [-0.15, -0.1) is 0 Å². The number of guanidine groups is 1. The fraction of sp³-hybridized carbons (Fsp3) is 0.667. The molecule has 2 amide bonds. The van der Waals surface area contributed by atoms with E-state index >= 15 is 0 Å². The van der Waals surface area contributed by atoms with E-state index in [9.17, 15) is 9.59 Å². The molecule has 0 aliphatic rings. The minimum Gasteiger partial charge on any atom is -0.454 e. The number of carbonyl (C=O) groups is 2. The van der Waals surface area contributed by atoms with Crippen molar-refractivity contribution >= 4 is 18.0 Å². The van der Waals surface area contributed by atoms with Gasteiger partial charge in [0.05, 0.1) is 0 Å². The first-order valence-electron chi connectivity index (χ1n) is 10.3. The van der Waals surface area contributed by atoms with Gasteiger partial charge in [0.15, 0.2) is 11.7 Å². The van der Waals surface area contributed by atoms with Gasteiger partial charge in [-0.25, -0.2) is 9.79 Å². The third-order valence-electron chi connectivity index (χ3n) is 4.27. The van der Waals surface area contributed by atoms with Crippen LogP contribution in [-0.2, 0) is 11.3 Å². The largest absolute Gasteiger partial charge is 0.454 e. The molecule has 4 N–H and O–H groups in total. The molecular weight excluding hydrogens is 386 g/mol. The van der Waals surface area contributed by atoms with Gasteiger partial charge in [0, 0.05) is 26.2 Å². The molecule has 30 heavy (non-hydrogen) atoms. The molecule has 0 aliphatic carbocycles. The van der Waals surface area contributed by atoms with Gasteiger partial charge < -0.3 is 30.4 Å². The van der Waals surface area contributed by atoms with Crippen molar-refractivity contribution in [1.29, 1.82) is 0 Å². The highest BCUT2D eigenvalue weighted by Gasteiger charge is 2.22. The lowest BCUT2D eigenvalue weighted by molar-refractivity contribution is 0.0485. The SMILES string of the molecule is CCNC(=NCc1ccc(C(N)=O)o1)N(C)CCC(NC(=O)OC(C)(C)C)C(C)C. The van der Waals surface area contributed by atoms with Crippen LogP contribution in [0.2, 0.25) is 0 Å². The summed E-state index contributed by atoms with van der Waals surface area (Å²) < 4.78 is 10.8. The normalized spacial score (nSPS) is 13.1. The molecule has 9 nitrogen and oxygen atoms in total. The Kier molecular flexibility index (Phi) is 9.68. The summed E-state index contributed by atoms with van der Waals surface area (Å²) in [5, 5.41) is 6.20. The van der Waals surface area contributed by atoms with E-state index in [1.54, 1.807) is 12.1 Å². The van der Waals surface area contributed by atoms with Crippen LogP contribution in [0.4, 0.5) is 4.79 Å². The van der Waals surface area contributed by atoms with E-state index < -0.39 is 17.6 Å². The third-order valence-corrected chi connectivity index (χ3v) is 4.27. The number of hydrogen-bond acceptors (Lipinski definition) is 5. The summed E-state index contributed by atoms with van der Waals surface area (Å²) in [6, 6.07) is 3.19. The van der Waals surface area contributed by atoms with E-state index in [-0.39, 0.29) is 24.3 Å². The molecule has 0 aliphatic heterocycles. The van der Waals surface area contributed by atoms with Gasteiger partial charge in [0.2, 0.25) is 0 Å². The summed E-state index contributed by atoms with van der Waals surface area (Å²) in [7, 11) is 1.93. The van der Waals surface area contributed by atoms with E-state index in [0.29, 0.717) is 24.8 Å². The number of furan rings is 1. The van der Waals surface area contributed by atoms with Crippen LogP contribution in [0.1, 0.15) is 64.3 Å². The van der Waals surface area contributed by atoms with Crippen molar-refractivity contribution < 1.29 is 18.7 Å². The number of carbonyl (C=O) groups excluding carboxylic acids is 2. The maximum atomic E-state index is 12.1. The summed E-state index contributed by atoms with van der Waals surface area (Å²) in [6.45, 7) is 13.3. The number of nitrogens with zero attached hydrogens (tertiary/aromatic N) is 2. The molecule has 1 atom stereocenters. The van der Waals surface area contributed by atoms with E-state index in [0.717, 1.165) is 6.42 Å². The van der Waals surface area contributed by atoms with Gasteiger partial charge in [-0.1, -0.05) is 13.8 Å². The second kappa shape index (κ2) is 11.5. The number of alkyl carbamates (subject to hydrolysis) is 1. The molecule has 1 aromatic rings. The lowest BCUT2D eigenvalue weighted by Gasteiger charge is -2.28. The topological polar surface area (TPSA) is 122 Å². The molecule has 0 saturated carbocycles. The maximum absolute atomic E-state index is 12.1. The quantitative estimate of drug-likeness (QED) is 0.415. The van der Waals surface area contributed by atoms with Crippen molar-refractivity contribution in [1.82, 2.24) is 15.5 Å². The van der Waals surface area contributed by atoms with Crippen molar-refractivity contribution in [3.05, 3.63) is 23.7 Å². The molecule has 0 aromatic carbocycles. The molecule has 0 bridgehead atoms. The first-order chi connectivity index (χ1) is 13.9. The molecule has 0 saturated heterocycles. The number of aliphatic imine (C=N–C) groups is 1. The van der Waals surface area contributed by atoms with Gasteiger partial charge in [0.1, 0.15) is 17.9 Å².